The summed E-state index contributed by atoms with van der Waals surface area (Å²) in [6.45, 7) is 21.7. The van der Waals surface area contributed by atoms with E-state index in [4.69, 9.17) is 28.4 Å². The van der Waals surface area contributed by atoms with Crippen LogP contribution in [-0.2, 0) is 41.6 Å². The molecular weight excluding hydrogens is 1090 g/mol. The molecule has 0 N–H and O–H groups in total. The highest BCUT2D eigenvalue weighted by atomic mass is 16.5. The lowest BCUT2D eigenvalue weighted by molar-refractivity contribution is -0.152. The number of rotatable bonds is 27. The van der Waals surface area contributed by atoms with Gasteiger partial charge in [-0.3, -0.25) is 0 Å². The van der Waals surface area contributed by atoms with Crippen molar-refractivity contribution in [1.82, 2.24) is 0 Å². The number of hydrogen-bond donors (Lipinski definition) is 0. The van der Waals surface area contributed by atoms with Crippen molar-refractivity contribution in [2.75, 3.05) is 85.7 Å². The van der Waals surface area contributed by atoms with Crippen molar-refractivity contribution in [2.24, 2.45) is 22.2 Å². The van der Waals surface area contributed by atoms with Crippen molar-refractivity contribution < 1.29 is 28.4 Å². The lowest BCUT2D eigenvalue weighted by Crippen LogP contribution is -2.46. The molecule has 8 aromatic carbocycles. The summed E-state index contributed by atoms with van der Waals surface area (Å²) in [5.41, 5.74) is 19.1. The number of anilines is 11. The molecule has 0 radical (unpaired) electrons. The Bertz CT molecular complexity index is 3500. The molecular formula is C78H86N4O6. The van der Waals surface area contributed by atoms with E-state index in [1.54, 1.807) is 0 Å². The van der Waals surface area contributed by atoms with Crippen LogP contribution in [0.3, 0.4) is 0 Å². The van der Waals surface area contributed by atoms with E-state index in [0.717, 1.165) is 151 Å². The van der Waals surface area contributed by atoms with Crippen LogP contribution in [0.2, 0.25) is 0 Å². The second-order valence-electron chi connectivity index (χ2n) is 25.3. The minimum atomic E-state index is 0.121. The topological polar surface area (TPSA) is 68.3 Å². The van der Waals surface area contributed by atoms with Crippen LogP contribution in [0.25, 0.3) is 0 Å². The van der Waals surface area contributed by atoms with E-state index in [2.05, 4.69) is 273 Å². The second kappa shape index (κ2) is 27.3. The quantitative estimate of drug-likeness (QED) is 0.0497. The van der Waals surface area contributed by atoms with Crippen molar-refractivity contribution in [3.8, 4) is 0 Å². The first-order valence-corrected chi connectivity index (χ1v) is 31.8. The summed E-state index contributed by atoms with van der Waals surface area (Å²) in [5, 5.41) is 0. The van der Waals surface area contributed by atoms with Gasteiger partial charge < -0.3 is 48.0 Å². The summed E-state index contributed by atoms with van der Waals surface area (Å²) in [5.74, 6) is 0.311. The number of hydrogen-bond acceptors (Lipinski definition) is 10. The van der Waals surface area contributed by atoms with E-state index >= 15 is 0 Å². The van der Waals surface area contributed by atoms with Crippen LogP contribution in [0.1, 0.15) is 74.3 Å². The number of nitrogens with zero attached hydrogens (tertiary/aromatic N) is 4. The molecule has 0 aromatic heterocycles. The third kappa shape index (κ3) is 13.7. The SMILES string of the molecule is CCC1(COCc2cccc(N(c3ccc(N(c4ccc(N(C5=CCC(COCC6(CC)COC6)C=C5)c5cccc(C)c5)cc4)c4ccc(N(c5cccc(C)c5)c5cccc(COCC6(CC)COC6)c5)cc4)cc3)c3cccc(C)c3)c2)COC1. The molecule has 0 bridgehead atoms. The molecule has 3 aliphatic heterocycles. The first-order chi connectivity index (χ1) is 43.0. The standard InChI is InChI=1S/C78H86N4O6/c1-7-76(52-86-53-76)49-83-46-61-25-27-64(28-26-61)80(71-20-10-15-58(4)41-71)68-35-29-65(30-36-68)79(66-31-37-69(38-32-66)81(72-21-11-16-59(5)42-72)74-23-13-18-62(44-74)47-84-50-77(8-2)54-87-55-77)67-33-39-70(40-34-67)82(73-22-12-17-60(6)43-73)75-24-14-19-63(45-75)48-85-51-78(9-3)56-88-57-78/h10-25,27-45,61H,7-9,26,46-57H2,1-6H3. The Hall–Kier alpha value is -7.80. The Morgan fingerprint density at radius 2 is 0.693 bits per heavy atom. The fourth-order valence-corrected chi connectivity index (χ4v) is 12.4. The van der Waals surface area contributed by atoms with Crippen LogP contribution in [0, 0.1) is 42.9 Å². The summed E-state index contributed by atoms with van der Waals surface area (Å²) >= 11 is 0. The molecule has 3 fully saturated rings. The van der Waals surface area contributed by atoms with Gasteiger partial charge >= 0.3 is 0 Å². The molecule has 3 saturated heterocycles. The number of benzene rings is 8. The average Bonchev–Trinajstić information content (AvgIpc) is 2.68. The molecule has 12 rings (SSSR count). The van der Waals surface area contributed by atoms with E-state index in [1.165, 1.54) is 16.7 Å². The zero-order valence-electron chi connectivity index (χ0n) is 52.3. The van der Waals surface area contributed by atoms with Gasteiger partial charge in [0.25, 0.3) is 0 Å². The van der Waals surface area contributed by atoms with Gasteiger partial charge in [-0.15, -0.1) is 0 Å². The van der Waals surface area contributed by atoms with Crippen molar-refractivity contribution >= 4 is 62.6 Å². The third-order valence-electron chi connectivity index (χ3n) is 18.4. The summed E-state index contributed by atoms with van der Waals surface area (Å²) in [7, 11) is 0. The number of allylic oxidation sites excluding steroid dienone is 2. The molecule has 88 heavy (non-hydrogen) atoms. The Labute approximate surface area is 522 Å². The summed E-state index contributed by atoms with van der Waals surface area (Å²) < 4.78 is 35.9. The molecule has 10 heteroatoms. The highest BCUT2D eigenvalue weighted by Crippen LogP contribution is 2.44. The van der Waals surface area contributed by atoms with Gasteiger partial charge in [0.1, 0.15) is 0 Å². The maximum absolute atomic E-state index is 6.39. The zero-order chi connectivity index (χ0) is 60.5. The van der Waals surface area contributed by atoms with E-state index in [0.29, 0.717) is 39.0 Å². The monoisotopic (exact) mass is 1170 g/mol. The van der Waals surface area contributed by atoms with Gasteiger partial charge in [0.2, 0.25) is 0 Å². The minimum Gasteiger partial charge on any atom is -0.380 e. The van der Waals surface area contributed by atoms with Gasteiger partial charge in [-0.25, -0.2) is 0 Å². The number of ether oxygens (including phenoxy) is 6. The Balaban J connectivity index is 0.883. The molecule has 0 saturated carbocycles. The fourth-order valence-electron chi connectivity index (χ4n) is 12.4. The average molecular weight is 1180 g/mol. The highest BCUT2D eigenvalue weighted by Gasteiger charge is 2.39. The molecule has 1 unspecified atom stereocenters. The minimum absolute atomic E-state index is 0.121. The predicted molar refractivity (Wildman–Crippen MR) is 359 cm³/mol. The van der Waals surface area contributed by atoms with Crippen LogP contribution < -0.4 is 19.6 Å². The van der Waals surface area contributed by atoms with Gasteiger partial charge in [-0.1, -0.05) is 93.6 Å². The molecule has 10 nitrogen and oxygen atoms in total. The maximum atomic E-state index is 6.39. The predicted octanol–water partition coefficient (Wildman–Crippen LogP) is 18.9. The summed E-state index contributed by atoms with van der Waals surface area (Å²) in [4.78, 5) is 9.45. The van der Waals surface area contributed by atoms with Crippen molar-refractivity contribution in [3.05, 3.63) is 246 Å². The highest BCUT2D eigenvalue weighted by molar-refractivity contribution is 5.85. The molecule has 4 aliphatic rings. The molecule has 3 heterocycles. The lowest BCUT2D eigenvalue weighted by atomic mass is 9.84. The van der Waals surface area contributed by atoms with E-state index in [-0.39, 0.29) is 16.2 Å². The van der Waals surface area contributed by atoms with Gasteiger partial charge in [0, 0.05) is 90.4 Å². The van der Waals surface area contributed by atoms with Crippen LogP contribution in [-0.4, -0.2) is 66.1 Å². The molecule has 1 aliphatic carbocycles. The molecule has 8 aromatic rings. The number of aryl methyl sites for hydroxylation is 3. The zero-order valence-corrected chi connectivity index (χ0v) is 52.3. The van der Waals surface area contributed by atoms with Crippen molar-refractivity contribution in [1.29, 1.82) is 0 Å². The van der Waals surface area contributed by atoms with Gasteiger partial charge in [0.15, 0.2) is 0 Å². The fraction of sp³-hybridized carbons (Fsp3) is 0.333. The van der Waals surface area contributed by atoms with E-state index in [9.17, 15) is 0 Å². The van der Waals surface area contributed by atoms with Crippen LogP contribution in [0.5, 0.6) is 0 Å². The first-order valence-electron chi connectivity index (χ1n) is 31.8. The Morgan fingerprint density at radius 3 is 1.01 bits per heavy atom. The lowest BCUT2D eigenvalue weighted by Gasteiger charge is -2.40. The van der Waals surface area contributed by atoms with Crippen molar-refractivity contribution in [2.45, 2.75) is 80.4 Å². The Kier molecular flexibility index (Phi) is 18.8. The molecule has 1 atom stereocenters. The second-order valence-corrected chi connectivity index (χ2v) is 25.3. The normalized spacial score (nSPS) is 17.0. The van der Waals surface area contributed by atoms with Crippen LogP contribution in [0.15, 0.2) is 218 Å². The maximum Gasteiger partial charge on any atom is 0.0717 e. The summed E-state index contributed by atoms with van der Waals surface area (Å²) in [6.07, 6.45) is 11.0. The molecule has 0 amide bonds. The summed E-state index contributed by atoms with van der Waals surface area (Å²) in [6, 6.07) is 70.9. The van der Waals surface area contributed by atoms with E-state index < -0.39 is 0 Å². The van der Waals surface area contributed by atoms with Gasteiger partial charge in [-0.05, 0) is 214 Å². The molecule has 0 spiro atoms. The van der Waals surface area contributed by atoms with E-state index in [1.807, 2.05) is 0 Å². The van der Waals surface area contributed by atoms with Gasteiger partial charge in [0.05, 0.1) is 79.3 Å². The van der Waals surface area contributed by atoms with Crippen LogP contribution >= 0.6 is 0 Å². The largest absolute Gasteiger partial charge is 0.380 e. The molecule has 454 valence electrons. The Morgan fingerprint density at radius 1 is 0.375 bits per heavy atom. The third-order valence-corrected chi connectivity index (χ3v) is 18.4. The van der Waals surface area contributed by atoms with Gasteiger partial charge in [-0.2, -0.15) is 0 Å². The van der Waals surface area contributed by atoms with Crippen LogP contribution in [0.4, 0.5) is 62.6 Å². The smallest absolute Gasteiger partial charge is 0.0717 e. The van der Waals surface area contributed by atoms with Crippen molar-refractivity contribution in [3.63, 3.8) is 0 Å². The first kappa shape index (κ1) is 60.5.